The first-order valence-electron chi connectivity index (χ1n) is 11.0. The van der Waals surface area contributed by atoms with E-state index in [1.165, 1.54) is 6.92 Å². The lowest BCUT2D eigenvalue weighted by Crippen LogP contribution is -2.52. The van der Waals surface area contributed by atoms with Crippen molar-refractivity contribution in [2.45, 2.75) is 31.0 Å². The van der Waals surface area contributed by atoms with Crippen LogP contribution in [0.25, 0.3) is 0 Å². The van der Waals surface area contributed by atoms with Gasteiger partial charge in [0.1, 0.15) is 6.10 Å². The molecular weight excluding hydrogens is 452 g/mol. The van der Waals surface area contributed by atoms with E-state index < -0.39 is 48.6 Å². The van der Waals surface area contributed by atoms with Crippen LogP contribution in [0.3, 0.4) is 0 Å². The van der Waals surface area contributed by atoms with E-state index in [1.807, 2.05) is 0 Å². The maximum absolute atomic E-state index is 13.0. The summed E-state index contributed by atoms with van der Waals surface area (Å²) in [6.07, 6.45) is -3.86. The Bertz CT molecular complexity index is 1170. The molecule has 1 N–H and O–H groups in total. The summed E-state index contributed by atoms with van der Waals surface area (Å²) in [5.74, 6) is -2.18. The predicted octanol–water partition coefficient (Wildman–Crippen LogP) is 3.40. The molecule has 0 saturated carbocycles. The third-order valence-electron chi connectivity index (χ3n) is 5.64. The minimum Gasteiger partial charge on any atom is -0.451 e. The van der Waals surface area contributed by atoms with Crippen LogP contribution in [0.1, 0.15) is 38.0 Å². The fourth-order valence-electron chi connectivity index (χ4n) is 3.78. The van der Waals surface area contributed by atoms with Gasteiger partial charge < -0.3 is 24.1 Å². The maximum Gasteiger partial charge on any atom is 0.340 e. The molecule has 1 aliphatic heterocycles. The van der Waals surface area contributed by atoms with Crippen LogP contribution in [-0.2, 0) is 18.9 Å². The smallest absolute Gasteiger partial charge is 0.340 e. The molecular formula is C27H24O8. The van der Waals surface area contributed by atoms with Crippen molar-refractivity contribution < 1.29 is 38.4 Å². The average Bonchev–Trinajstić information content (AvgIpc) is 3.15. The molecule has 8 heteroatoms. The second kappa shape index (κ2) is 10.5. The number of carbonyl (C=O) groups is 3. The van der Waals surface area contributed by atoms with E-state index in [0.29, 0.717) is 0 Å². The van der Waals surface area contributed by atoms with E-state index in [1.54, 1.807) is 91.0 Å². The lowest BCUT2D eigenvalue weighted by molar-refractivity contribution is -0.175. The van der Waals surface area contributed by atoms with Crippen LogP contribution in [0.2, 0.25) is 0 Å². The number of rotatable bonds is 7. The summed E-state index contributed by atoms with van der Waals surface area (Å²) < 4.78 is 22.8. The van der Waals surface area contributed by atoms with Crippen LogP contribution in [0.15, 0.2) is 91.0 Å². The Balaban J connectivity index is 1.65. The van der Waals surface area contributed by atoms with Crippen molar-refractivity contribution in [1.82, 2.24) is 0 Å². The monoisotopic (exact) mass is 476 g/mol. The second-order valence-electron chi connectivity index (χ2n) is 8.09. The Morgan fingerprint density at radius 2 is 1.17 bits per heavy atom. The van der Waals surface area contributed by atoms with Crippen LogP contribution in [0.4, 0.5) is 0 Å². The fraction of sp³-hybridized carbons (Fsp3) is 0.222. The first-order chi connectivity index (χ1) is 16.9. The first-order valence-corrected chi connectivity index (χ1v) is 11.0. The lowest BCUT2D eigenvalue weighted by Gasteiger charge is -2.33. The summed E-state index contributed by atoms with van der Waals surface area (Å²) in [6, 6.07) is 24.6. The Labute approximate surface area is 202 Å². The number of esters is 3. The molecule has 3 aromatic carbocycles. The van der Waals surface area contributed by atoms with Gasteiger partial charge in [-0.05, 0) is 43.3 Å². The Morgan fingerprint density at radius 1 is 0.743 bits per heavy atom. The van der Waals surface area contributed by atoms with E-state index in [-0.39, 0.29) is 16.7 Å². The van der Waals surface area contributed by atoms with Gasteiger partial charge >= 0.3 is 17.9 Å². The highest BCUT2D eigenvalue weighted by molar-refractivity contribution is 5.91. The van der Waals surface area contributed by atoms with Crippen molar-refractivity contribution in [3.05, 3.63) is 108 Å². The summed E-state index contributed by atoms with van der Waals surface area (Å²) in [4.78, 5) is 38.6. The number of aliphatic hydroxyl groups excluding tert-OH is 1. The largest absolute Gasteiger partial charge is 0.451 e. The molecule has 0 bridgehead atoms. The first kappa shape index (κ1) is 24.1. The van der Waals surface area contributed by atoms with Gasteiger partial charge in [-0.15, -0.1) is 0 Å². The molecule has 180 valence electrons. The van der Waals surface area contributed by atoms with Crippen molar-refractivity contribution >= 4 is 17.9 Å². The van der Waals surface area contributed by atoms with E-state index in [4.69, 9.17) is 18.9 Å². The Morgan fingerprint density at radius 3 is 1.63 bits per heavy atom. The van der Waals surface area contributed by atoms with E-state index in [0.717, 1.165) is 0 Å². The third kappa shape index (κ3) is 5.24. The standard InChI is InChI=1S/C27H24O8/c1-27(35-25(31)20-15-9-4-10-16-20)22(33-23(29)18-11-5-2-6-12-18)21(17-28)32-26(27)34-24(30)19-13-7-3-8-14-19/h2-16,21-22,26,28H,17H2,1H3/t21-,22?,26+,27?/m1/s1. The molecule has 8 nitrogen and oxygen atoms in total. The van der Waals surface area contributed by atoms with Gasteiger partial charge in [0.05, 0.1) is 23.3 Å². The highest BCUT2D eigenvalue weighted by atomic mass is 16.8. The van der Waals surface area contributed by atoms with Crippen LogP contribution >= 0.6 is 0 Å². The topological polar surface area (TPSA) is 108 Å². The van der Waals surface area contributed by atoms with Gasteiger partial charge in [-0.1, -0.05) is 54.6 Å². The van der Waals surface area contributed by atoms with Crippen molar-refractivity contribution in [2.24, 2.45) is 0 Å². The number of benzene rings is 3. The van der Waals surface area contributed by atoms with Gasteiger partial charge in [0.15, 0.2) is 6.10 Å². The molecule has 3 aromatic rings. The number of ether oxygens (including phenoxy) is 4. The molecule has 0 aromatic heterocycles. The molecule has 1 heterocycles. The summed E-state index contributed by atoms with van der Waals surface area (Å²) in [6.45, 7) is 0.861. The van der Waals surface area contributed by atoms with Gasteiger partial charge in [-0.2, -0.15) is 0 Å². The van der Waals surface area contributed by atoms with Crippen molar-refractivity contribution in [3.63, 3.8) is 0 Å². The van der Waals surface area contributed by atoms with Crippen LogP contribution in [0.5, 0.6) is 0 Å². The van der Waals surface area contributed by atoms with Gasteiger partial charge in [0, 0.05) is 0 Å². The van der Waals surface area contributed by atoms with Crippen LogP contribution in [-0.4, -0.2) is 53.7 Å². The summed E-state index contributed by atoms with van der Waals surface area (Å²) >= 11 is 0. The molecule has 2 unspecified atom stereocenters. The summed E-state index contributed by atoms with van der Waals surface area (Å²) in [5.41, 5.74) is -1.03. The molecule has 4 rings (SSSR count). The molecule has 1 aliphatic rings. The zero-order valence-electron chi connectivity index (χ0n) is 18.9. The van der Waals surface area contributed by atoms with Gasteiger partial charge in [0.2, 0.25) is 11.9 Å². The molecule has 1 saturated heterocycles. The van der Waals surface area contributed by atoms with Crippen molar-refractivity contribution in [2.75, 3.05) is 6.61 Å². The van der Waals surface area contributed by atoms with Crippen LogP contribution < -0.4 is 0 Å². The Kier molecular flexibility index (Phi) is 7.24. The van der Waals surface area contributed by atoms with E-state index >= 15 is 0 Å². The van der Waals surface area contributed by atoms with E-state index in [9.17, 15) is 19.5 Å². The van der Waals surface area contributed by atoms with Gasteiger partial charge in [-0.3, -0.25) is 0 Å². The molecule has 0 amide bonds. The zero-order chi connectivity index (χ0) is 24.8. The lowest BCUT2D eigenvalue weighted by atomic mass is 9.96. The number of hydrogen-bond acceptors (Lipinski definition) is 8. The molecule has 35 heavy (non-hydrogen) atoms. The molecule has 0 aliphatic carbocycles. The molecule has 0 spiro atoms. The molecule has 0 radical (unpaired) electrons. The van der Waals surface area contributed by atoms with Crippen molar-refractivity contribution in [3.8, 4) is 0 Å². The third-order valence-corrected chi connectivity index (χ3v) is 5.64. The maximum atomic E-state index is 13.0. The Hall–Kier alpha value is -4.01. The minimum absolute atomic E-state index is 0.238. The zero-order valence-corrected chi connectivity index (χ0v) is 18.9. The fourth-order valence-corrected chi connectivity index (χ4v) is 3.78. The average molecular weight is 476 g/mol. The van der Waals surface area contributed by atoms with Crippen LogP contribution in [0, 0.1) is 0 Å². The molecule has 4 atom stereocenters. The second-order valence-corrected chi connectivity index (χ2v) is 8.09. The SMILES string of the molecule is CC1(OC(=O)c2ccccc2)C(OC(=O)c2ccccc2)[C@@H](CO)O[C@H]1OC(=O)c1ccccc1. The number of carbonyl (C=O) groups excluding carboxylic acids is 3. The quantitative estimate of drug-likeness (QED) is 0.408. The summed E-state index contributed by atoms with van der Waals surface area (Å²) in [5, 5.41) is 9.97. The highest BCUT2D eigenvalue weighted by Gasteiger charge is 2.61. The predicted molar refractivity (Wildman–Crippen MR) is 124 cm³/mol. The normalized spacial score (nSPS) is 23.3. The number of hydrogen-bond donors (Lipinski definition) is 1. The number of aliphatic hydroxyl groups is 1. The summed E-state index contributed by atoms with van der Waals surface area (Å²) in [7, 11) is 0. The van der Waals surface area contributed by atoms with Crippen molar-refractivity contribution in [1.29, 1.82) is 0 Å². The molecule has 1 fully saturated rings. The highest BCUT2D eigenvalue weighted by Crippen LogP contribution is 2.38. The van der Waals surface area contributed by atoms with E-state index in [2.05, 4.69) is 0 Å². The van der Waals surface area contributed by atoms with Gasteiger partial charge in [0.25, 0.3) is 0 Å². The van der Waals surface area contributed by atoms with Gasteiger partial charge in [-0.25, -0.2) is 14.4 Å². The minimum atomic E-state index is -1.77.